The molecule has 0 aliphatic heterocycles. The molecule has 0 spiro atoms. The minimum Gasteiger partial charge on any atom is -0.384 e. The molecule has 0 radical (unpaired) electrons. The summed E-state index contributed by atoms with van der Waals surface area (Å²) in [5.74, 6) is 1.91. The Morgan fingerprint density at radius 2 is 1.94 bits per heavy atom. The third-order valence-corrected chi connectivity index (χ3v) is 2.33. The molecule has 1 rings (SSSR count). The molecule has 0 fully saturated rings. The predicted octanol–water partition coefficient (Wildman–Crippen LogP) is 0.203. The van der Waals surface area contributed by atoms with Crippen molar-refractivity contribution in [2.45, 2.75) is 6.61 Å². The first kappa shape index (κ1) is 13.7. The summed E-state index contributed by atoms with van der Waals surface area (Å²) < 4.78 is 5.01. The summed E-state index contributed by atoms with van der Waals surface area (Å²) >= 11 is 0. The fourth-order valence-corrected chi connectivity index (χ4v) is 1.36. The molecule has 1 heterocycles. The number of nitrogens with zero attached hydrogens (tertiary/aromatic N) is 4. The van der Waals surface area contributed by atoms with Crippen molar-refractivity contribution in [1.29, 1.82) is 0 Å². The van der Waals surface area contributed by atoms with Crippen molar-refractivity contribution in [1.82, 2.24) is 14.9 Å². The molecule has 0 amide bonds. The number of aromatic nitrogens is 2. The molecule has 1 aromatic heterocycles. The van der Waals surface area contributed by atoms with E-state index < -0.39 is 0 Å². The van der Waals surface area contributed by atoms with E-state index in [2.05, 4.69) is 19.8 Å². The largest absolute Gasteiger partial charge is 0.384 e. The average Bonchev–Trinajstić information content (AvgIpc) is 2.25. The van der Waals surface area contributed by atoms with Gasteiger partial charge in [-0.05, 0) is 14.1 Å². The van der Waals surface area contributed by atoms with Crippen LogP contribution in [0.5, 0.6) is 0 Å². The molecule has 0 saturated carbocycles. The normalized spacial score (nSPS) is 10.9. The summed E-state index contributed by atoms with van der Waals surface area (Å²) in [7, 11) is 7.68. The lowest BCUT2D eigenvalue weighted by atomic mass is 10.4. The van der Waals surface area contributed by atoms with E-state index in [1.807, 2.05) is 21.1 Å². The summed E-state index contributed by atoms with van der Waals surface area (Å²) in [4.78, 5) is 12.7. The molecular formula is C11H21N5O. The molecule has 0 atom stereocenters. The molecule has 2 N–H and O–H groups in total. The van der Waals surface area contributed by atoms with Gasteiger partial charge in [0.05, 0.1) is 0 Å². The highest BCUT2D eigenvalue weighted by molar-refractivity contribution is 5.46. The van der Waals surface area contributed by atoms with Crippen molar-refractivity contribution in [2.75, 3.05) is 52.0 Å². The van der Waals surface area contributed by atoms with Gasteiger partial charge in [-0.15, -0.1) is 0 Å². The van der Waals surface area contributed by atoms with E-state index in [9.17, 15) is 0 Å². The first-order valence-corrected chi connectivity index (χ1v) is 5.51. The summed E-state index contributed by atoms with van der Waals surface area (Å²) in [6.07, 6.45) is 0. The minimum atomic E-state index is 0.375. The Labute approximate surface area is 102 Å². The van der Waals surface area contributed by atoms with E-state index in [-0.39, 0.29) is 0 Å². The Morgan fingerprint density at radius 1 is 1.24 bits per heavy atom. The van der Waals surface area contributed by atoms with Crippen molar-refractivity contribution in [2.24, 2.45) is 0 Å². The maximum absolute atomic E-state index is 5.74. The second-order valence-corrected chi connectivity index (χ2v) is 4.23. The first-order valence-electron chi connectivity index (χ1n) is 5.51. The monoisotopic (exact) mass is 239 g/mol. The van der Waals surface area contributed by atoms with Gasteiger partial charge in [0.1, 0.15) is 18.2 Å². The number of ether oxygens (including phenoxy) is 1. The Balaban J connectivity index is 2.74. The van der Waals surface area contributed by atoms with Crippen LogP contribution in [0.4, 0.5) is 11.6 Å². The third-order valence-electron chi connectivity index (χ3n) is 2.33. The Bertz CT molecular complexity index is 356. The molecule has 0 bridgehead atoms. The first-order chi connectivity index (χ1) is 8.02. The van der Waals surface area contributed by atoms with E-state index in [0.717, 1.165) is 18.9 Å². The zero-order valence-corrected chi connectivity index (χ0v) is 11.0. The quantitative estimate of drug-likeness (QED) is 0.765. The van der Waals surface area contributed by atoms with Crippen LogP contribution in [-0.2, 0) is 11.3 Å². The fraction of sp³-hybridized carbons (Fsp3) is 0.636. The van der Waals surface area contributed by atoms with Crippen LogP contribution in [0.15, 0.2) is 6.07 Å². The van der Waals surface area contributed by atoms with Crippen LogP contribution in [0.1, 0.15) is 5.82 Å². The van der Waals surface area contributed by atoms with Crippen molar-refractivity contribution in [3.8, 4) is 0 Å². The van der Waals surface area contributed by atoms with Crippen LogP contribution in [0.3, 0.4) is 0 Å². The average molecular weight is 239 g/mol. The Morgan fingerprint density at radius 3 is 2.53 bits per heavy atom. The van der Waals surface area contributed by atoms with Gasteiger partial charge >= 0.3 is 0 Å². The Kier molecular flexibility index (Phi) is 5.11. The molecule has 0 unspecified atom stereocenters. The molecule has 0 aliphatic rings. The molecule has 6 heteroatoms. The standard InChI is InChI=1S/C11H21N5O/c1-15(2)5-6-16(3)11-7-9(12)13-10(14-11)8-17-4/h7H,5-6,8H2,1-4H3,(H2,12,13,14). The molecule has 1 aromatic rings. The van der Waals surface area contributed by atoms with Gasteiger partial charge < -0.3 is 20.3 Å². The lowest BCUT2D eigenvalue weighted by molar-refractivity contribution is 0.178. The highest BCUT2D eigenvalue weighted by Crippen LogP contribution is 2.12. The minimum absolute atomic E-state index is 0.375. The molecule has 0 aliphatic carbocycles. The lowest BCUT2D eigenvalue weighted by Gasteiger charge is -2.21. The van der Waals surface area contributed by atoms with E-state index in [1.54, 1.807) is 13.2 Å². The van der Waals surface area contributed by atoms with Crippen molar-refractivity contribution in [3.63, 3.8) is 0 Å². The van der Waals surface area contributed by atoms with Gasteiger partial charge in [-0.25, -0.2) is 9.97 Å². The number of hydrogen-bond acceptors (Lipinski definition) is 6. The maximum atomic E-state index is 5.74. The van der Waals surface area contributed by atoms with Crippen LogP contribution in [-0.4, -0.2) is 56.2 Å². The number of hydrogen-bond donors (Lipinski definition) is 1. The predicted molar refractivity (Wildman–Crippen MR) is 69.0 cm³/mol. The van der Waals surface area contributed by atoms with Gasteiger partial charge in [-0.3, -0.25) is 0 Å². The number of anilines is 2. The SMILES string of the molecule is COCc1nc(N)cc(N(C)CCN(C)C)n1. The maximum Gasteiger partial charge on any atom is 0.158 e. The molecule has 96 valence electrons. The number of nitrogens with two attached hydrogens (primary N) is 1. The molecule has 0 aromatic carbocycles. The summed E-state index contributed by atoms with van der Waals surface area (Å²) in [5, 5.41) is 0. The summed E-state index contributed by atoms with van der Waals surface area (Å²) in [6, 6.07) is 1.77. The van der Waals surface area contributed by atoms with Crippen LogP contribution >= 0.6 is 0 Å². The number of nitrogen functional groups attached to an aromatic ring is 1. The number of methoxy groups -OCH3 is 1. The van der Waals surface area contributed by atoms with Gasteiger partial charge in [0.15, 0.2) is 5.82 Å². The van der Waals surface area contributed by atoms with Crippen LogP contribution in [0, 0.1) is 0 Å². The fourth-order valence-electron chi connectivity index (χ4n) is 1.36. The van der Waals surface area contributed by atoms with Crippen molar-refractivity contribution < 1.29 is 4.74 Å². The third kappa shape index (κ3) is 4.54. The van der Waals surface area contributed by atoms with Crippen LogP contribution < -0.4 is 10.6 Å². The number of rotatable bonds is 6. The van der Waals surface area contributed by atoms with Gasteiger partial charge in [0, 0.05) is 33.3 Å². The van der Waals surface area contributed by atoms with E-state index >= 15 is 0 Å². The van der Waals surface area contributed by atoms with Crippen molar-refractivity contribution >= 4 is 11.6 Å². The van der Waals surface area contributed by atoms with Crippen LogP contribution in [0.25, 0.3) is 0 Å². The van der Waals surface area contributed by atoms with Gasteiger partial charge in [-0.2, -0.15) is 0 Å². The Hall–Kier alpha value is -1.40. The smallest absolute Gasteiger partial charge is 0.158 e. The van der Waals surface area contributed by atoms with E-state index in [0.29, 0.717) is 18.2 Å². The molecule has 6 nitrogen and oxygen atoms in total. The van der Waals surface area contributed by atoms with E-state index in [4.69, 9.17) is 10.5 Å². The second kappa shape index (κ2) is 6.36. The van der Waals surface area contributed by atoms with Gasteiger partial charge in [0.25, 0.3) is 0 Å². The van der Waals surface area contributed by atoms with Gasteiger partial charge in [-0.1, -0.05) is 0 Å². The molecular weight excluding hydrogens is 218 g/mol. The topological polar surface area (TPSA) is 67.5 Å². The van der Waals surface area contributed by atoms with Gasteiger partial charge in [0.2, 0.25) is 0 Å². The summed E-state index contributed by atoms with van der Waals surface area (Å²) in [5.41, 5.74) is 5.74. The molecule has 17 heavy (non-hydrogen) atoms. The highest BCUT2D eigenvalue weighted by atomic mass is 16.5. The molecule has 0 saturated heterocycles. The van der Waals surface area contributed by atoms with Crippen molar-refractivity contribution in [3.05, 3.63) is 11.9 Å². The lowest BCUT2D eigenvalue weighted by Crippen LogP contribution is -2.29. The zero-order chi connectivity index (χ0) is 12.8. The summed E-state index contributed by atoms with van der Waals surface area (Å²) in [6.45, 7) is 2.22. The second-order valence-electron chi connectivity index (χ2n) is 4.23. The highest BCUT2D eigenvalue weighted by Gasteiger charge is 2.07. The van der Waals surface area contributed by atoms with Crippen LogP contribution in [0.2, 0.25) is 0 Å². The zero-order valence-electron chi connectivity index (χ0n) is 11.0. The van der Waals surface area contributed by atoms with E-state index in [1.165, 1.54) is 0 Å². The number of likely N-dealkylation sites (N-methyl/N-ethyl adjacent to an activating group) is 2.